The lowest BCUT2D eigenvalue weighted by molar-refractivity contribution is 0.0722. The molecule has 1 nitrogen and oxygen atoms in total. The maximum atomic E-state index is 9.65. The van der Waals surface area contributed by atoms with E-state index in [1.54, 1.807) is 13.8 Å². The van der Waals surface area contributed by atoms with E-state index >= 15 is 0 Å². The van der Waals surface area contributed by atoms with E-state index in [0.717, 1.165) is 12.8 Å². The predicted molar refractivity (Wildman–Crippen MR) is 73.2 cm³/mol. The van der Waals surface area contributed by atoms with Crippen molar-refractivity contribution in [3.8, 4) is 0 Å². The summed E-state index contributed by atoms with van der Waals surface area (Å²) >= 11 is 6.09. The topological polar surface area (TPSA) is 20.2 Å². The van der Waals surface area contributed by atoms with E-state index in [0.29, 0.717) is 0 Å². The maximum Gasteiger partial charge on any atom is 0.0754 e. The van der Waals surface area contributed by atoms with Crippen molar-refractivity contribution in [1.82, 2.24) is 0 Å². The van der Waals surface area contributed by atoms with Crippen LogP contribution in [-0.4, -0.2) is 16.1 Å². The van der Waals surface area contributed by atoms with E-state index in [4.69, 9.17) is 11.6 Å². The summed E-state index contributed by atoms with van der Waals surface area (Å²) in [5.74, 6) is 0. The SMILES string of the molecule is CCCCCCCCCCC(Cl)C(C)(C)O. The Morgan fingerprint density at radius 2 is 1.38 bits per heavy atom. The fraction of sp³-hybridized carbons (Fsp3) is 1.00. The Labute approximate surface area is 107 Å². The molecule has 0 heterocycles. The van der Waals surface area contributed by atoms with Crippen molar-refractivity contribution >= 4 is 11.6 Å². The van der Waals surface area contributed by atoms with E-state index in [9.17, 15) is 5.11 Å². The minimum absolute atomic E-state index is 0.104. The summed E-state index contributed by atoms with van der Waals surface area (Å²) in [4.78, 5) is 0. The molecule has 0 aromatic rings. The molecule has 1 atom stereocenters. The molecule has 1 N–H and O–H groups in total. The van der Waals surface area contributed by atoms with Gasteiger partial charge in [-0.3, -0.25) is 0 Å². The molecule has 0 saturated carbocycles. The van der Waals surface area contributed by atoms with Gasteiger partial charge in [-0.05, 0) is 20.3 Å². The number of hydrogen-bond acceptors (Lipinski definition) is 1. The van der Waals surface area contributed by atoms with Crippen molar-refractivity contribution in [1.29, 1.82) is 0 Å². The lowest BCUT2D eigenvalue weighted by Gasteiger charge is -2.23. The molecule has 1 unspecified atom stereocenters. The zero-order valence-electron chi connectivity index (χ0n) is 11.3. The van der Waals surface area contributed by atoms with Gasteiger partial charge in [0.15, 0.2) is 0 Å². The molecule has 0 saturated heterocycles. The molecular formula is C14H29ClO. The summed E-state index contributed by atoms with van der Waals surface area (Å²) < 4.78 is 0. The quantitative estimate of drug-likeness (QED) is 0.431. The zero-order valence-corrected chi connectivity index (χ0v) is 12.0. The van der Waals surface area contributed by atoms with Crippen LogP contribution >= 0.6 is 11.6 Å². The minimum atomic E-state index is -0.733. The Balaban J connectivity index is 3.21. The number of halogens is 1. The van der Waals surface area contributed by atoms with Crippen LogP contribution in [0, 0.1) is 0 Å². The first-order chi connectivity index (χ1) is 7.48. The van der Waals surface area contributed by atoms with Gasteiger partial charge >= 0.3 is 0 Å². The second-order valence-corrected chi connectivity index (χ2v) is 5.91. The molecule has 0 radical (unpaired) electrons. The number of rotatable bonds is 10. The van der Waals surface area contributed by atoms with Crippen molar-refractivity contribution in [3.05, 3.63) is 0 Å². The minimum Gasteiger partial charge on any atom is -0.389 e. The molecule has 0 aliphatic heterocycles. The molecule has 0 aromatic carbocycles. The normalized spacial score (nSPS) is 14.1. The highest BCUT2D eigenvalue weighted by molar-refractivity contribution is 6.21. The average molecular weight is 249 g/mol. The van der Waals surface area contributed by atoms with Crippen LogP contribution in [0.1, 0.15) is 78.6 Å². The Bertz CT molecular complexity index is 151. The summed E-state index contributed by atoms with van der Waals surface area (Å²) in [5, 5.41) is 9.55. The van der Waals surface area contributed by atoms with Crippen molar-refractivity contribution in [2.75, 3.05) is 0 Å². The number of aliphatic hydroxyl groups is 1. The average Bonchev–Trinajstić information content (AvgIpc) is 2.20. The van der Waals surface area contributed by atoms with Crippen LogP contribution in [0.15, 0.2) is 0 Å². The van der Waals surface area contributed by atoms with E-state index in [1.807, 2.05) is 0 Å². The van der Waals surface area contributed by atoms with Gasteiger partial charge in [0.25, 0.3) is 0 Å². The van der Waals surface area contributed by atoms with E-state index in [1.165, 1.54) is 44.9 Å². The summed E-state index contributed by atoms with van der Waals surface area (Å²) in [6.07, 6.45) is 11.5. The van der Waals surface area contributed by atoms with Crippen LogP contribution in [0.25, 0.3) is 0 Å². The molecule has 0 aliphatic carbocycles. The van der Waals surface area contributed by atoms with Gasteiger partial charge in [-0.2, -0.15) is 0 Å². The third kappa shape index (κ3) is 9.47. The van der Waals surface area contributed by atoms with Crippen LogP contribution < -0.4 is 0 Å². The highest BCUT2D eigenvalue weighted by Gasteiger charge is 2.23. The Hall–Kier alpha value is 0.250. The number of alkyl halides is 1. The van der Waals surface area contributed by atoms with E-state index in [-0.39, 0.29) is 5.38 Å². The van der Waals surface area contributed by atoms with Crippen LogP contribution in [0.4, 0.5) is 0 Å². The smallest absolute Gasteiger partial charge is 0.0754 e. The standard InChI is InChI=1S/C14H29ClO/c1-4-5-6-7-8-9-10-11-12-13(15)14(2,3)16/h13,16H,4-12H2,1-3H3. The molecule has 0 amide bonds. The zero-order chi connectivity index (χ0) is 12.4. The van der Waals surface area contributed by atoms with Gasteiger partial charge in [0.05, 0.1) is 11.0 Å². The molecule has 0 aliphatic rings. The third-order valence-corrected chi connectivity index (χ3v) is 3.83. The highest BCUT2D eigenvalue weighted by atomic mass is 35.5. The highest BCUT2D eigenvalue weighted by Crippen LogP contribution is 2.21. The Morgan fingerprint density at radius 3 is 1.81 bits per heavy atom. The first-order valence-electron chi connectivity index (χ1n) is 6.85. The molecule has 16 heavy (non-hydrogen) atoms. The molecule has 0 bridgehead atoms. The molecule has 0 fully saturated rings. The molecule has 2 heteroatoms. The largest absolute Gasteiger partial charge is 0.389 e. The summed E-state index contributed by atoms with van der Waals surface area (Å²) in [6, 6.07) is 0. The molecule has 0 rings (SSSR count). The van der Waals surface area contributed by atoms with Crippen molar-refractivity contribution in [2.45, 2.75) is 89.5 Å². The van der Waals surface area contributed by atoms with Crippen molar-refractivity contribution in [3.63, 3.8) is 0 Å². The summed E-state index contributed by atoms with van der Waals surface area (Å²) in [7, 11) is 0. The molecule has 0 aromatic heterocycles. The second-order valence-electron chi connectivity index (χ2n) is 5.38. The van der Waals surface area contributed by atoms with Gasteiger partial charge < -0.3 is 5.11 Å². The van der Waals surface area contributed by atoms with Gasteiger partial charge in [-0.1, -0.05) is 58.3 Å². The van der Waals surface area contributed by atoms with Gasteiger partial charge in [0.1, 0.15) is 0 Å². The van der Waals surface area contributed by atoms with Gasteiger partial charge in [0, 0.05) is 0 Å². The second kappa shape index (κ2) is 9.30. The maximum absolute atomic E-state index is 9.65. The van der Waals surface area contributed by atoms with Crippen LogP contribution in [0.2, 0.25) is 0 Å². The molecular weight excluding hydrogens is 220 g/mol. The monoisotopic (exact) mass is 248 g/mol. The molecule has 98 valence electrons. The fourth-order valence-corrected chi connectivity index (χ4v) is 1.96. The number of hydrogen-bond donors (Lipinski definition) is 1. The first-order valence-corrected chi connectivity index (χ1v) is 7.28. The van der Waals surface area contributed by atoms with Gasteiger partial charge in [0.2, 0.25) is 0 Å². The lowest BCUT2D eigenvalue weighted by Crippen LogP contribution is -2.31. The van der Waals surface area contributed by atoms with Gasteiger partial charge in [-0.15, -0.1) is 11.6 Å². The third-order valence-electron chi connectivity index (χ3n) is 3.08. The van der Waals surface area contributed by atoms with Gasteiger partial charge in [-0.25, -0.2) is 0 Å². The summed E-state index contributed by atoms with van der Waals surface area (Å²) in [6.45, 7) is 5.82. The lowest BCUT2D eigenvalue weighted by atomic mass is 9.99. The van der Waals surface area contributed by atoms with E-state index < -0.39 is 5.60 Å². The summed E-state index contributed by atoms with van der Waals surface area (Å²) in [5.41, 5.74) is -0.733. The predicted octanol–water partition coefficient (Wildman–Crippen LogP) is 4.90. The fourth-order valence-electron chi connectivity index (χ4n) is 1.81. The number of unbranched alkanes of at least 4 members (excludes halogenated alkanes) is 7. The Morgan fingerprint density at radius 1 is 0.938 bits per heavy atom. The Kier molecular flexibility index (Phi) is 9.44. The van der Waals surface area contributed by atoms with Crippen LogP contribution in [0.5, 0.6) is 0 Å². The van der Waals surface area contributed by atoms with E-state index in [2.05, 4.69) is 6.92 Å². The van der Waals surface area contributed by atoms with Crippen LogP contribution in [-0.2, 0) is 0 Å². The van der Waals surface area contributed by atoms with Crippen molar-refractivity contribution < 1.29 is 5.11 Å². The van der Waals surface area contributed by atoms with Crippen molar-refractivity contribution in [2.24, 2.45) is 0 Å². The van der Waals surface area contributed by atoms with Crippen LogP contribution in [0.3, 0.4) is 0 Å². The first kappa shape index (κ1) is 16.2. The molecule has 0 spiro atoms.